The number of pyridine rings is 1. The van der Waals surface area contributed by atoms with Crippen LogP contribution in [-0.2, 0) is 6.54 Å². The second kappa shape index (κ2) is 7.77. The molecule has 7 nitrogen and oxygen atoms in total. The van der Waals surface area contributed by atoms with Crippen LogP contribution in [-0.4, -0.2) is 27.6 Å². The van der Waals surface area contributed by atoms with Crippen molar-refractivity contribution < 1.29 is 14.1 Å². The number of fused-ring (bicyclic) bond motifs is 1. The molecule has 4 rings (SSSR count). The standard InChI is InChI=1S/C20H18N4O3S/c1-3-26-15-6-7-16-18(10-15)28-20(22-16)24(12-14-5-4-8-21-11-14)19(25)17-9-13(2)23-27-17/h4-11H,3,12H2,1-2H3. The lowest BCUT2D eigenvalue weighted by Gasteiger charge is -2.18. The van der Waals surface area contributed by atoms with E-state index in [1.165, 1.54) is 11.3 Å². The van der Waals surface area contributed by atoms with Crippen molar-refractivity contribution in [3.05, 3.63) is 65.8 Å². The van der Waals surface area contributed by atoms with Gasteiger partial charge >= 0.3 is 0 Å². The van der Waals surface area contributed by atoms with Gasteiger partial charge in [-0.15, -0.1) is 0 Å². The van der Waals surface area contributed by atoms with E-state index in [1.54, 1.807) is 30.3 Å². The minimum Gasteiger partial charge on any atom is -0.494 e. The van der Waals surface area contributed by atoms with Gasteiger partial charge in [0.05, 0.1) is 29.1 Å². The number of rotatable bonds is 6. The van der Waals surface area contributed by atoms with Gasteiger partial charge in [0.1, 0.15) is 5.75 Å². The number of carbonyl (C=O) groups excluding carboxylic acids is 1. The molecule has 3 heterocycles. The number of carbonyl (C=O) groups is 1. The van der Waals surface area contributed by atoms with Crippen LogP contribution in [0.4, 0.5) is 5.13 Å². The van der Waals surface area contributed by atoms with Gasteiger partial charge in [-0.25, -0.2) is 4.98 Å². The third-order valence-electron chi connectivity index (χ3n) is 4.04. The summed E-state index contributed by atoms with van der Waals surface area (Å²) < 4.78 is 11.7. The van der Waals surface area contributed by atoms with Crippen LogP contribution in [0, 0.1) is 6.92 Å². The zero-order chi connectivity index (χ0) is 19.5. The summed E-state index contributed by atoms with van der Waals surface area (Å²) in [5, 5.41) is 4.40. The Balaban J connectivity index is 1.73. The molecule has 142 valence electrons. The molecule has 4 aromatic rings. The molecule has 0 aliphatic heterocycles. The van der Waals surface area contributed by atoms with Crippen LogP contribution < -0.4 is 9.64 Å². The highest BCUT2D eigenvalue weighted by molar-refractivity contribution is 7.22. The van der Waals surface area contributed by atoms with E-state index in [-0.39, 0.29) is 11.7 Å². The van der Waals surface area contributed by atoms with E-state index in [4.69, 9.17) is 9.26 Å². The summed E-state index contributed by atoms with van der Waals surface area (Å²) in [4.78, 5) is 23.5. The highest BCUT2D eigenvalue weighted by atomic mass is 32.1. The number of aromatic nitrogens is 3. The van der Waals surface area contributed by atoms with Crippen molar-refractivity contribution in [2.45, 2.75) is 20.4 Å². The Hall–Kier alpha value is -3.26. The van der Waals surface area contributed by atoms with Crippen LogP contribution in [0.1, 0.15) is 28.7 Å². The number of ether oxygens (including phenoxy) is 1. The predicted molar refractivity (Wildman–Crippen MR) is 107 cm³/mol. The molecule has 0 atom stereocenters. The first-order chi connectivity index (χ1) is 13.6. The molecule has 8 heteroatoms. The number of anilines is 1. The van der Waals surface area contributed by atoms with E-state index >= 15 is 0 Å². The van der Waals surface area contributed by atoms with Crippen molar-refractivity contribution in [1.82, 2.24) is 15.1 Å². The summed E-state index contributed by atoms with van der Waals surface area (Å²) in [5.41, 5.74) is 2.35. The predicted octanol–water partition coefficient (Wildman–Crippen LogP) is 4.23. The molecule has 0 N–H and O–H groups in total. The molecule has 0 spiro atoms. The second-order valence-corrected chi connectivity index (χ2v) is 7.15. The number of amides is 1. The third kappa shape index (κ3) is 3.72. The molecule has 3 aromatic heterocycles. The fraction of sp³-hybridized carbons (Fsp3) is 0.200. The van der Waals surface area contributed by atoms with Crippen molar-refractivity contribution in [3.63, 3.8) is 0 Å². The lowest BCUT2D eigenvalue weighted by Crippen LogP contribution is -2.30. The maximum absolute atomic E-state index is 13.1. The Kier molecular flexibility index (Phi) is 5.03. The SMILES string of the molecule is CCOc1ccc2nc(N(Cc3cccnc3)C(=O)c3cc(C)no3)sc2c1. The van der Waals surface area contributed by atoms with E-state index in [2.05, 4.69) is 15.1 Å². The molecule has 0 bridgehead atoms. The Morgan fingerprint density at radius 3 is 2.89 bits per heavy atom. The van der Waals surface area contributed by atoms with E-state index in [0.29, 0.717) is 24.0 Å². The summed E-state index contributed by atoms with van der Waals surface area (Å²) in [7, 11) is 0. The minimum absolute atomic E-state index is 0.177. The van der Waals surface area contributed by atoms with Gasteiger partial charge in [0.2, 0.25) is 5.76 Å². The van der Waals surface area contributed by atoms with Gasteiger partial charge in [0, 0.05) is 18.5 Å². The topological polar surface area (TPSA) is 81.4 Å². The normalized spacial score (nSPS) is 10.9. The maximum Gasteiger partial charge on any atom is 0.298 e. The highest BCUT2D eigenvalue weighted by Crippen LogP contribution is 2.33. The number of benzene rings is 1. The van der Waals surface area contributed by atoms with Gasteiger partial charge in [-0.3, -0.25) is 14.7 Å². The van der Waals surface area contributed by atoms with Crippen molar-refractivity contribution >= 4 is 32.6 Å². The average molecular weight is 394 g/mol. The zero-order valence-corrected chi connectivity index (χ0v) is 16.3. The summed E-state index contributed by atoms with van der Waals surface area (Å²) in [6.07, 6.45) is 3.43. The molecule has 0 radical (unpaired) electrons. The summed E-state index contributed by atoms with van der Waals surface area (Å²) in [6, 6.07) is 11.1. The van der Waals surface area contributed by atoms with Crippen LogP contribution in [0.25, 0.3) is 10.2 Å². The number of thiazole rings is 1. The summed E-state index contributed by atoms with van der Waals surface area (Å²) in [6.45, 7) is 4.63. The van der Waals surface area contributed by atoms with Gasteiger partial charge in [-0.1, -0.05) is 22.6 Å². The first-order valence-electron chi connectivity index (χ1n) is 8.81. The van der Waals surface area contributed by atoms with Crippen LogP contribution in [0.3, 0.4) is 0 Å². The Bertz CT molecular complexity index is 1110. The van der Waals surface area contributed by atoms with Crippen molar-refractivity contribution in [2.75, 3.05) is 11.5 Å². The van der Waals surface area contributed by atoms with Crippen molar-refractivity contribution in [1.29, 1.82) is 0 Å². The number of nitrogens with zero attached hydrogens (tertiary/aromatic N) is 4. The first-order valence-corrected chi connectivity index (χ1v) is 9.63. The maximum atomic E-state index is 13.1. The smallest absolute Gasteiger partial charge is 0.298 e. The third-order valence-corrected chi connectivity index (χ3v) is 5.08. The monoisotopic (exact) mass is 394 g/mol. The summed E-state index contributed by atoms with van der Waals surface area (Å²) in [5.74, 6) is 0.658. The largest absolute Gasteiger partial charge is 0.494 e. The van der Waals surface area contributed by atoms with E-state index in [1.807, 2.05) is 37.3 Å². The molecule has 0 fully saturated rings. The number of hydrogen-bond donors (Lipinski definition) is 0. The van der Waals surface area contributed by atoms with Crippen LogP contribution in [0.15, 0.2) is 53.3 Å². The molecule has 0 aliphatic rings. The zero-order valence-electron chi connectivity index (χ0n) is 15.5. The van der Waals surface area contributed by atoms with Gasteiger partial charge in [-0.05, 0) is 43.7 Å². The molecule has 0 aliphatic carbocycles. The molecular weight excluding hydrogens is 376 g/mol. The van der Waals surface area contributed by atoms with Gasteiger partial charge in [-0.2, -0.15) is 0 Å². The molecule has 0 saturated heterocycles. The Morgan fingerprint density at radius 2 is 2.18 bits per heavy atom. The Labute approximate surface area is 165 Å². The lowest BCUT2D eigenvalue weighted by atomic mass is 10.2. The number of hydrogen-bond acceptors (Lipinski definition) is 7. The molecule has 0 saturated carbocycles. The quantitative estimate of drug-likeness (QED) is 0.487. The molecule has 0 unspecified atom stereocenters. The molecule has 28 heavy (non-hydrogen) atoms. The summed E-state index contributed by atoms with van der Waals surface area (Å²) >= 11 is 1.43. The number of aryl methyl sites for hydroxylation is 1. The second-order valence-electron chi connectivity index (χ2n) is 6.14. The van der Waals surface area contributed by atoms with E-state index < -0.39 is 0 Å². The molecular formula is C20H18N4O3S. The van der Waals surface area contributed by atoms with Crippen molar-refractivity contribution in [3.8, 4) is 5.75 Å². The highest BCUT2D eigenvalue weighted by Gasteiger charge is 2.25. The van der Waals surface area contributed by atoms with Gasteiger partial charge < -0.3 is 9.26 Å². The molecule has 1 aromatic carbocycles. The first kappa shape index (κ1) is 18.1. The fourth-order valence-electron chi connectivity index (χ4n) is 2.76. The van der Waals surface area contributed by atoms with Crippen molar-refractivity contribution in [2.24, 2.45) is 0 Å². The van der Waals surface area contributed by atoms with E-state index in [0.717, 1.165) is 21.5 Å². The molecule has 1 amide bonds. The van der Waals surface area contributed by atoms with Crippen LogP contribution >= 0.6 is 11.3 Å². The lowest BCUT2D eigenvalue weighted by molar-refractivity contribution is 0.0949. The van der Waals surface area contributed by atoms with Crippen LogP contribution in [0.2, 0.25) is 0 Å². The minimum atomic E-state index is -0.298. The van der Waals surface area contributed by atoms with Crippen LogP contribution in [0.5, 0.6) is 5.75 Å². The van der Waals surface area contributed by atoms with E-state index in [9.17, 15) is 4.79 Å². The Morgan fingerprint density at radius 1 is 1.29 bits per heavy atom. The van der Waals surface area contributed by atoms with Gasteiger partial charge in [0.25, 0.3) is 5.91 Å². The fourth-order valence-corrected chi connectivity index (χ4v) is 3.75. The van der Waals surface area contributed by atoms with Gasteiger partial charge in [0.15, 0.2) is 5.13 Å². The average Bonchev–Trinajstić information content (AvgIpc) is 3.32.